The molecule has 7 aromatic rings. The first-order valence-corrected chi connectivity index (χ1v) is 15.4. The molecule has 0 saturated heterocycles. The Bertz CT molecular complexity index is 2480. The number of hydrogen-bond donors (Lipinski definition) is 0. The topological polar surface area (TPSA) is 65.0 Å². The fraction of sp³-hybridized carbons (Fsp3) is 0.262. The molecule has 4 heterocycles. The van der Waals surface area contributed by atoms with Gasteiger partial charge in [-0.1, -0.05) is 88.4 Å². The molecule has 5 nitrogen and oxygen atoms in total. The van der Waals surface area contributed by atoms with Crippen molar-refractivity contribution in [1.82, 2.24) is 15.0 Å². The van der Waals surface area contributed by atoms with E-state index in [1.165, 1.54) is 12.3 Å². The van der Waals surface area contributed by atoms with Crippen LogP contribution in [-0.4, -0.2) is 15.0 Å². The second-order valence-electron chi connectivity index (χ2n) is 13.2. The first-order valence-electron chi connectivity index (χ1n) is 19.4. The number of aromatic nitrogens is 3. The minimum atomic E-state index is -2.48. The fourth-order valence-corrected chi connectivity index (χ4v) is 5.00. The van der Waals surface area contributed by atoms with Crippen LogP contribution in [0.2, 0.25) is 0 Å². The summed E-state index contributed by atoms with van der Waals surface area (Å²) in [6, 6.07) is 30.2. The van der Waals surface area contributed by atoms with Crippen LogP contribution in [0.5, 0.6) is 0 Å². The molecule has 0 fully saturated rings. The molecule has 0 aliphatic rings. The van der Waals surface area contributed by atoms with E-state index < -0.39 is 30.4 Å². The van der Waals surface area contributed by atoms with E-state index in [4.69, 9.17) is 19.8 Å². The number of oxazole rings is 1. The van der Waals surface area contributed by atoms with Crippen LogP contribution in [-0.2, 0) is 32.9 Å². The van der Waals surface area contributed by atoms with E-state index in [1.807, 2.05) is 54.6 Å². The molecule has 3 aromatic carbocycles. The number of furan rings is 1. The van der Waals surface area contributed by atoms with Crippen molar-refractivity contribution in [2.45, 2.75) is 61.1 Å². The van der Waals surface area contributed by atoms with Gasteiger partial charge in [-0.3, -0.25) is 0 Å². The second-order valence-corrected chi connectivity index (χ2v) is 13.2. The van der Waals surface area contributed by atoms with Gasteiger partial charge in [-0.05, 0) is 58.7 Å². The molecule has 0 aliphatic carbocycles. The monoisotopic (exact) mass is 820 g/mol. The molecule has 0 aliphatic heterocycles. The van der Waals surface area contributed by atoms with Gasteiger partial charge < -0.3 is 18.8 Å². The van der Waals surface area contributed by atoms with E-state index in [2.05, 4.69) is 27.1 Å². The molecule has 0 N–H and O–H groups in total. The summed E-state index contributed by atoms with van der Waals surface area (Å²) < 4.78 is 77.1. The van der Waals surface area contributed by atoms with Crippen LogP contribution in [0.25, 0.3) is 55.7 Å². The van der Waals surface area contributed by atoms with E-state index in [9.17, 15) is 0 Å². The molecule has 0 unspecified atom stereocenters. The normalized spacial score (nSPS) is 15.0. The summed E-state index contributed by atoms with van der Waals surface area (Å²) in [5, 5.41) is 1.87. The van der Waals surface area contributed by atoms with Crippen molar-refractivity contribution >= 4 is 21.9 Å². The molecule has 0 spiro atoms. The fourth-order valence-electron chi connectivity index (χ4n) is 5.00. The second kappa shape index (κ2) is 14.4. The number of para-hydroxylation sites is 1. The van der Waals surface area contributed by atoms with Gasteiger partial charge in [0.15, 0.2) is 5.89 Å². The molecule has 48 heavy (non-hydrogen) atoms. The van der Waals surface area contributed by atoms with Crippen molar-refractivity contribution in [3.8, 4) is 33.8 Å². The number of nitrogens with zero attached hydrogens (tertiary/aromatic N) is 3. The van der Waals surface area contributed by atoms with E-state index >= 15 is 0 Å². The standard InChI is InChI=1S/C23H22NO.C19H19N2O.Ir/c1-15-14-24-20(12-16(15)13-23(2,3)4)19-10-7-9-18-17-8-5-6-11-21(17)25-22(18)19;1-19(2,3)12-18-21-17(13-22-18)15-9-10-20-16(11-15)14-7-5-4-6-8-14;/h5-9,11-12,14H,13H2,1-4H3;4-7,9-11,13H,12H2,1-3H3;/q2*-1;/i1D3,13D2;12D2,13D;. The van der Waals surface area contributed by atoms with Gasteiger partial charge in [0.25, 0.3) is 0 Å². The zero-order valence-corrected chi connectivity index (χ0v) is 30.0. The molecule has 247 valence electrons. The Morgan fingerprint density at radius 3 is 2.35 bits per heavy atom. The molecule has 0 bridgehead atoms. The smallest absolute Gasteiger partial charge is 0.195 e. The molecule has 0 saturated carbocycles. The zero-order valence-electron chi connectivity index (χ0n) is 35.7. The number of benzene rings is 3. The number of rotatable bonds is 5. The third-order valence-electron chi connectivity index (χ3n) is 6.97. The summed E-state index contributed by atoms with van der Waals surface area (Å²) in [5.41, 5.74) is 3.35. The van der Waals surface area contributed by atoms with E-state index in [0.29, 0.717) is 33.8 Å². The SMILES string of the molecule is [2H]C([2H])([2H])c1cnc(-c2[c-]ccc3c2oc2ccccc23)cc1C([2H])([2H])C(C)(C)C.[2H]c1oc(C([2H])([2H])C(C)(C)C)nc1-c1ccnc(-c2[c-]cccc2)c1.[Ir]. The average Bonchev–Trinajstić information content (AvgIpc) is 3.72. The maximum Gasteiger partial charge on any atom is 0.195 e. The Labute approximate surface area is 308 Å². The van der Waals surface area contributed by atoms with Crippen LogP contribution < -0.4 is 0 Å². The number of hydrogen-bond acceptors (Lipinski definition) is 5. The molecule has 6 heteroatoms. The summed E-state index contributed by atoms with van der Waals surface area (Å²) in [6.45, 7) is 8.10. The molecule has 0 atom stereocenters. The predicted molar refractivity (Wildman–Crippen MR) is 191 cm³/mol. The van der Waals surface area contributed by atoms with Gasteiger partial charge in [-0.15, -0.1) is 54.1 Å². The van der Waals surface area contributed by atoms with Gasteiger partial charge in [0, 0.05) is 53.9 Å². The van der Waals surface area contributed by atoms with Crippen LogP contribution in [0.4, 0.5) is 0 Å². The van der Waals surface area contributed by atoms with Gasteiger partial charge in [0.1, 0.15) is 18.9 Å². The summed E-state index contributed by atoms with van der Waals surface area (Å²) in [7, 11) is 0. The predicted octanol–water partition coefficient (Wildman–Crippen LogP) is 11.1. The Hall–Kier alpha value is -4.38. The zero-order chi connectivity index (χ0) is 40.1. The van der Waals surface area contributed by atoms with Crippen molar-refractivity contribution in [3.05, 3.63) is 127 Å². The van der Waals surface area contributed by atoms with Crippen LogP contribution in [0.1, 0.15) is 69.5 Å². The van der Waals surface area contributed by atoms with Gasteiger partial charge in [0.05, 0.1) is 5.58 Å². The van der Waals surface area contributed by atoms with Crippen LogP contribution >= 0.6 is 0 Å². The van der Waals surface area contributed by atoms with E-state index in [0.717, 1.165) is 21.9 Å². The number of pyridine rings is 2. The van der Waals surface area contributed by atoms with Gasteiger partial charge in [-0.25, -0.2) is 4.98 Å². The maximum atomic E-state index is 8.70. The van der Waals surface area contributed by atoms with Gasteiger partial charge >= 0.3 is 0 Å². The third-order valence-corrected chi connectivity index (χ3v) is 6.97. The van der Waals surface area contributed by atoms with Gasteiger partial charge in [-0.2, -0.15) is 0 Å². The van der Waals surface area contributed by atoms with Crippen LogP contribution in [0.3, 0.4) is 0 Å². The first-order chi connectivity index (χ1) is 25.6. The summed E-state index contributed by atoms with van der Waals surface area (Å²) in [6.07, 6.45) is -0.938. The van der Waals surface area contributed by atoms with Crippen molar-refractivity contribution in [2.75, 3.05) is 0 Å². The quantitative estimate of drug-likeness (QED) is 0.162. The Morgan fingerprint density at radius 2 is 1.60 bits per heavy atom. The van der Waals surface area contributed by atoms with Crippen LogP contribution in [0, 0.1) is 29.8 Å². The molecule has 0 amide bonds. The van der Waals surface area contributed by atoms with Crippen molar-refractivity contribution in [2.24, 2.45) is 10.8 Å². The van der Waals surface area contributed by atoms with E-state index in [-0.39, 0.29) is 43.4 Å². The summed E-state index contributed by atoms with van der Waals surface area (Å²) in [4.78, 5) is 13.0. The van der Waals surface area contributed by atoms with Crippen LogP contribution in [0.15, 0.2) is 106 Å². The van der Waals surface area contributed by atoms with E-state index in [1.54, 1.807) is 65.9 Å². The Morgan fingerprint density at radius 1 is 0.812 bits per heavy atom. The molecular formula is C42H41IrN3O2-2. The maximum absolute atomic E-state index is 8.70. The number of fused-ring (bicyclic) bond motifs is 3. The molecule has 4 aromatic heterocycles. The third kappa shape index (κ3) is 8.36. The minimum Gasteiger partial charge on any atom is -0.501 e. The van der Waals surface area contributed by atoms with Crippen molar-refractivity contribution in [1.29, 1.82) is 0 Å². The Balaban J connectivity index is 0.000000214. The number of aryl methyl sites for hydroxylation is 1. The molecular weight excluding hydrogens is 771 g/mol. The first kappa shape index (κ1) is 25.6. The minimum absolute atomic E-state index is 0. The average molecular weight is 820 g/mol. The van der Waals surface area contributed by atoms with Gasteiger partial charge in [0.2, 0.25) is 0 Å². The molecule has 1 radical (unpaired) electrons. The van der Waals surface area contributed by atoms with Crippen molar-refractivity contribution < 1.29 is 39.9 Å². The van der Waals surface area contributed by atoms with Crippen molar-refractivity contribution in [3.63, 3.8) is 0 Å². The summed E-state index contributed by atoms with van der Waals surface area (Å²) >= 11 is 0. The Kier molecular flexibility index (Phi) is 7.68. The summed E-state index contributed by atoms with van der Waals surface area (Å²) in [5.74, 6) is -0.0790. The molecule has 7 rings (SSSR count). The largest absolute Gasteiger partial charge is 0.501 e.